The second kappa shape index (κ2) is 13.3. The van der Waals surface area contributed by atoms with Crippen molar-refractivity contribution in [3.63, 3.8) is 0 Å². The molecule has 150 valence electrons. The van der Waals surface area contributed by atoms with Crippen LogP contribution in [0.2, 0.25) is 0 Å². The molecule has 1 amide bonds. The van der Waals surface area contributed by atoms with Gasteiger partial charge in [0.25, 0.3) is 0 Å². The first-order valence-corrected chi connectivity index (χ1v) is 9.07. The van der Waals surface area contributed by atoms with E-state index >= 15 is 0 Å². The van der Waals surface area contributed by atoms with E-state index in [0.29, 0.717) is 19.0 Å². The van der Waals surface area contributed by atoms with E-state index in [1.807, 2.05) is 37.3 Å². The molecule has 0 spiro atoms. The van der Waals surface area contributed by atoms with Crippen LogP contribution in [-0.4, -0.2) is 41.8 Å². The van der Waals surface area contributed by atoms with Crippen molar-refractivity contribution in [2.24, 2.45) is 5.73 Å². The number of hydrogen-bond acceptors (Lipinski definition) is 4. The van der Waals surface area contributed by atoms with Crippen LogP contribution in [0.15, 0.2) is 30.3 Å². The van der Waals surface area contributed by atoms with E-state index in [2.05, 4.69) is 10.6 Å². The smallest absolute Gasteiger partial charge is 0.237 e. The van der Waals surface area contributed by atoms with E-state index in [1.54, 1.807) is 0 Å². The molecule has 1 aliphatic carbocycles. The van der Waals surface area contributed by atoms with Gasteiger partial charge < -0.3 is 21.5 Å². The molecule has 1 aromatic carbocycles. The molecule has 2 rings (SSSR count). The van der Waals surface area contributed by atoms with Gasteiger partial charge in [-0.3, -0.25) is 4.79 Å². The molecule has 1 fully saturated rings. The Hall–Kier alpha value is -0.850. The molecule has 3 atom stereocenters. The second-order valence-corrected chi connectivity index (χ2v) is 6.89. The molecule has 2 unspecified atom stereocenters. The lowest BCUT2D eigenvalue weighted by Crippen LogP contribution is -2.51. The number of nitrogens with one attached hydrogen (secondary N) is 2. The Bertz CT molecular complexity index is 499. The van der Waals surface area contributed by atoms with Gasteiger partial charge in [0.15, 0.2) is 0 Å². The minimum absolute atomic E-state index is 0. The molecule has 1 aromatic rings. The largest absolute Gasteiger partial charge is 0.390 e. The van der Waals surface area contributed by atoms with Crippen LogP contribution in [0.1, 0.15) is 44.6 Å². The zero-order valence-electron chi connectivity index (χ0n) is 15.4. The summed E-state index contributed by atoms with van der Waals surface area (Å²) in [6, 6.07) is 9.51. The molecule has 0 heterocycles. The van der Waals surface area contributed by atoms with Gasteiger partial charge in [-0.25, -0.2) is 0 Å². The molecule has 0 saturated heterocycles. The van der Waals surface area contributed by atoms with Gasteiger partial charge in [0, 0.05) is 18.6 Å². The monoisotopic (exact) mass is 405 g/mol. The molecular weight excluding hydrogens is 373 g/mol. The summed E-state index contributed by atoms with van der Waals surface area (Å²) in [7, 11) is 0. The highest BCUT2D eigenvalue weighted by Crippen LogP contribution is 2.17. The van der Waals surface area contributed by atoms with Crippen LogP contribution in [0.5, 0.6) is 0 Å². The summed E-state index contributed by atoms with van der Waals surface area (Å²) in [5, 5.41) is 16.4. The van der Waals surface area contributed by atoms with Crippen LogP contribution in [0.3, 0.4) is 0 Å². The van der Waals surface area contributed by atoms with Crippen LogP contribution in [0.25, 0.3) is 0 Å². The SMILES string of the molecule is C[C@H](NCC(O)C(N)Cc1ccccc1)C(=O)NC1CCCCC1.Cl.Cl. The maximum absolute atomic E-state index is 12.2. The first kappa shape index (κ1) is 25.1. The minimum Gasteiger partial charge on any atom is -0.390 e. The molecule has 26 heavy (non-hydrogen) atoms. The summed E-state index contributed by atoms with van der Waals surface area (Å²) in [5.41, 5.74) is 7.17. The summed E-state index contributed by atoms with van der Waals surface area (Å²) < 4.78 is 0. The van der Waals surface area contributed by atoms with Gasteiger partial charge in [0.2, 0.25) is 5.91 Å². The Morgan fingerprint density at radius 1 is 1.19 bits per heavy atom. The van der Waals surface area contributed by atoms with Gasteiger partial charge in [0.05, 0.1) is 12.1 Å². The zero-order valence-corrected chi connectivity index (χ0v) is 17.0. The summed E-state index contributed by atoms with van der Waals surface area (Å²) >= 11 is 0. The highest BCUT2D eigenvalue weighted by molar-refractivity contribution is 5.85. The summed E-state index contributed by atoms with van der Waals surface area (Å²) in [5.74, 6) is 0.00531. The maximum Gasteiger partial charge on any atom is 0.237 e. The second-order valence-electron chi connectivity index (χ2n) is 6.89. The Labute approximate surface area is 169 Å². The predicted octanol–water partition coefficient (Wildman–Crippen LogP) is 2.19. The molecule has 1 aliphatic rings. The van der Waals surface area contributed by atoms with Gasteiger partial charge in [-0.05, 0) is 31.7 Å². The van der Waals surface area contributed by atoms with E-state index in [1.165, 1.54) is 19.3 Å². The molecule has 0 aromatic heterocycles. The summed E-state index contributed by atoms with van der Waals surface area (Å²) in [6.07, 6.45) is 5.74. The molecular formula is C19H33Cl2N3O2. The third-order valence-corrected chi connectivity index (χ3v) is 4.79. The Morgan fingerprint density at radius 2 is 1.81 bits per heavy atom. The van der Waals surface area contributed by atoms with Crippen molar-refractivity contribution in [3.8, 4) is 0 Å². The number of rotatable bonds is 8. The number of nitrogens with two attached hydrogens (primary N) is 1. The number of carbonyl (C=O) groups excluding carboxylic acids is 1. The lowest BCUT2D eigenvalue weighted by molar-refractivity contribution is -0.123. The number of benzene rings is 1. The minimum atomic E-state index is -0.685. The summed E-state index contributed by atoms with van der Waals surface area (Å²) in [6.45, 7) is 2.14. The first-order chi connectivity index (χ1) is 11.6. The van der Waals surface area contributed by atoms with Crippen molar-refractivity contribution in [1.29, 1.82) is 0 Å². The molecule has 7 heteroatoms. The molecule has 1 saturated carbocycles. The highest BCUT2D eigenvalue weighted by Gasteiger charge is 2.21. The van der Waals surface area contributed by atoms with Crippen molar-refractivity contribution in [3.05, 3.63) is 35.9 Å². The first-order valence-electron chi connectivity index (χ1n) is 9.07. The van der Waals surface area contributed by atoms with E-state index in [4.69, 9.17) is 5.73 Å². The van der Waals surface area contributed by atoms with Crippen molar-refractivity contribution >= 4 is 30.7 Å². The molecule has 5 N–H and O–H groups in total. The number of aliphatic hydroxyl groups is 1. The van der Waals surface area contributed by atoms with Crippen molar-refractivity contribution in [1.82, 2.24) is 10.6 Å². The Kier molecular flexibility index (Phi) is 12.9. The lowest BCUT2D eigenvalue weighted by atomic mass is 9.95. The third-order valence-electron chi connectivity index (χ3n) is 4.79. The summed E-state index contributed by atoms with van der Waals surface area (Å²) in [4.78, 5) is 12.2. The fraction of sp³-hybridized carbons (Fsp3) is 0.632. The van der Waals surface area contributed by atoms with Crippen LogP contribution in [0, 0.1) is 0 Å². The average Bonchev–Trinajstić information content (AvgIpc) is 2.61. The number of amides is 1. The molecule has 5 nitrogen and oxygen atoms in total. The molecule has 0 bridgehead atoms. The Morgan fingerprint density at radius 3 is 2.42 bits per heavy atom. The van der Waals surface area contributed by atoms with Crippen molar-refractivity contribution in [2.75, 3.05) is 6.54 Å². The van der Waals surface area contributed by atoms with Crippen LogP contribution in [-0.2, 0) is 11.2 Å². The van der Waals surface area contributed by atoms with E-state index in [9.17, 15) is 9.90 Å². The number of hydrogen-bond donors (Lipinski definition) is 4. The number of halogens is 2. The van der Waals surface area contributed by atoms with Gasteiger partial charge in [-0.1, -0.05) is 49.6 Å². The average molecular weight is 406 g/mol. The van der Waals surface area contributed by atoms with Crippen molar-refractivity contribution in [2.45, 2.75) is 69.7 Å². The van der Waals surface area contributed by atoms with Crippen LogP contribution >= 0.6 is 24.8 Å². The fourth-order valence-electron chi connectivity index (χ4n) is 3.14. The van der Waals surface area contributed by atoms with E-state index in [-0.39, 0.29) is 42.8 Å². The van der Waals surface area contributed by atoms with Gasteiger partial charge in [-0.15, -0.1) is 24.8 Å². The quantitative estimate of drug-likeness (QED) is 0.533. The highest BCUT2D eigenvalue weighted by atomic mass is 35.5. The normalized spacial score (nSPS) is 18.0. The fourth-order valence-corrected chi connectivity index (χ4v) is 3.14. The maximum atomic E-state index is 12.2. The molecule has 0 radical (unpaired) electrons. The van der Waals surface area contributed by atoms with Crippen LogP contribution < -0.4 is 16.4 Å². The van der Waals surface area contributed by atoms with Crippen molar-refractivity contribution < 1.29 is 9.90 Å². The van der Waals surface area contributed by atoms with Gasteiger partial charge >= 0.3 is 0 Å². The number of carbonyl (C=O) groups is 1. The van der Waals surface area contributed by atoms with E-state index < -0.39 is 6.10 Å². The lowest BCUT2D eigenvalue weighted by Gasteiger charge is -2.26. The van der Waals surface area contributed by atoms with E-state index in [0.717, 1.165) is 18.4 Å². The predicted molar refractivity (Wildman–Crippen MR) is 111 cm³/mol. The van der Waals surface area contributed by atoms with Gasteiger partial charge in [-0.2, -0.15) is 0 Å². The topological polar surface area (TPSA) is 87.4 Å². The van der Waals surface area contributed by atoms with Gasteiger partial charge in [0.1, 0.15) is 0 Å². The standard InChI is InChI=1S/C19H31N3O2.2ClH/c1-14(19(24)22-16-10-6-3-7-11-16)21-13-18(23)17(20)12-15-8-4-2-5-9-15;;/h2,4-5,8-9,14,16-18,21,23H,3,6-7,10-13,20H2,1H3,(H,22,24);2*1H/t14-,17?,18?;;/m0../s1. The zero-order chi connectivity index (χ0) is 17.4. The van der Waals surface area contributed by atoms with Crippen LogP contribution in [0.4, 0.5) is 0 Å². The number of aliphatic hydroxyl groups excluding tert-OH is 1. The Balaban J connectivity index is 0.00000312. The molecule has 0 aliphatic heterocycles. The third kappa shape index (κ3) is 8.69.